The normalized spacial score (nSPS) is 44.0. The maximum atomic E-state index is 10.3. The van der Waals surface area contributed by atoms with E-state index < -0.39 is 45.1 Å². The van der Waals surface area contributed by atoms with E-state index >= 15 is 0 Å². The van der Waals surface area contributed by atoms with E-state index in [2.05, 4.69) is 9.26 Å². The number of phosphoric acid groups is 1. The second-order valence-electron chi connectivity index (χ2n) is 3.30. The molecule has 96 valence electrons. The van der Waals surface area contributed by atoms with Crippen LogP contribution in [0.25, 0.3) is 0 Å². The largest absolute Gasteiger partial charge is 0.756 e. The maximum absolute atomic E-state index is 10.3. The van der Waals surface area contributed by atoms with Gasteiger partial charge in [0.25, 0.3) is 7.82 Å². The fraction of sp³-hybridized carbons (Fsp3) is 1.00. The Hall–Kier alpha value is -0.0900. The summed E-state index contributed by atoms with van der Waals surface area (Å²) in [6, 6.07) is 0. The van der Waals surface area contributed by atoms with Crippen molar-refractivity contribution in [1.29, 1.82) is 0 Å². The van der Waals surface area contributed by atoms with Crippen LogP contribution < -0.4 is 4.89 Å². The molecule has 0 aromatic rings. The second kappa shape index (κ2) is 5.05. The van der Waals surface area contributed by atoms with Crippen LogP contribution in [0.3, 0.4) is 0 Å². The summed E-state index contributed by atoms with van der Waals surface area (Å²) in [7, 11) is -4.98. The summed E-state index contributed by atoms with van der Waals surface area (Å²) in [4.78, 5) is 18.5. The van der Waals surface area contributed by atoms with Gasteiger partial charge in [0.1, 0.15) is 24.4 Å². The van der Waals surface area contributed by atoms with Gasteiger partial charge >= 0.3 is 0 Å². The van der Waals surface area contributed by atoms with Crippen LogP contribution in [0.1, 0.15) is 0 Å². The molecule has 1 aliphatic rings. The van der Waals surface area contributed by atoms with Crippen LogP contribution in [0, 0.1) is 0 Å². The number of hydrogen-bond donors (Lipinski definition) is 5. The molecule has 1 fully saturated rings. The second-order valence-corrected chi connectivity index (χ2v) is 4.50. The average Bonchev–Trinajstić information content (AvgIpc) is 2.17. The Morgan fingerprint density at radius 1 is 1.19 bits per heavy atom. The lowest BCUT2D eigenvalue weighted by Crippen LogP contribution is -2.58. The Balaban J connectivity index is 2.57. The lowest BCUT2D eigenvalue weighted by atomic mass is 10.00. The van der Waals surface area contributed by atoms with E-state index in [1.807, 2.05) is 0 Å². The van der Waals surface area contributed by atoms with E-state index in [1.54, 1.807) is 0 Å². The van der Waals surface area contributed by atoms with E-state index in [1.165, 1.54) is 0 Å². The number of aliphatic hydroxyl groups is 4. The quantitative estimate of drug-likeness (QED) is 0.321. The fourth-order valence-corrected chi connectivity index (χ4v) is 1.57. The zero-order valence-corrected chi connectivity index (χ0v) is 8.80. The Morgan fingerprint density at radius 2 is 1.75 bits per heavy atom. The van der Waals surface area contributed by atoms with Gasteiger partial charge in [0.2, 0.25) is 0 Å². The highest BCUT2D eigenvalue weighted by Crippen LogP contribution is 2.32. The number of hydrogen-bond acceptors (Lipinski definition) is 8. The van der Waals surface area contributed by atoms with Crippen LogP contribution in [0.4, 0.5) is 0 Å². The van der Waals surface area contributed by atoms with Gasteiger partial charge in [-0.2, -0.15) is 0 Å². The molecule has 0 aromatic heterocycles. The Bertz CT molecular complexity index is 277. The molecular formula is C6H12O9P-. The van der Waals surface area contributed by atoms with E-state index in [0.29, 0.717) is 0 Å². The Kier molecular flexibility index (Phi) is 4.41. The standard InChI is InChI=1S/C6H13O9P/c7-3-2(1-14-16(11,12)13)15-6(10)5(9)4(3)8/h2-10H,1H2,(H2,11,12,13)/p-1/t2-,3-,4+,5-,6+/m1/s1. The zero-order chi connectivity index (χ0) is 12.5. The van der Waals surface area contributed by atoms with Crippen molar-refractivity contribution in [2.24, 2.45) is 0 Å². The number of aliphatic hydroxyl groups excluding tert-OH is 4. The van der Waals surface area contributed by atoms with E-state index in [0.717, 1.165) is 0 Å². The molecule has 1 aliphatic heterocycles. The van der Waals surface area contributed by atoms with Crippen molar-refractivity contribution in [2.75, 3.05) is 6.61 Å². The molecule has 0 saturated carbocycles. The minimum absolute atomic E-state index is 0.792. The van der Waals surface area contributed by atoms with Crippen LogP contribution in [0.15, 0.2) is 0 Å². The SMILES string of the molecule is O=P([O-])(O)OC[C@H]1O[C@H](O)[C@H](O)[C@@H](O)[C@@H]1O. The van der Waals surface area contributed by atoms with Gasteiger partial charge in [0.15, 0.2) is 6.29 Å². The first-order valence-corrected chi connectivity index (χ1v) is 5.78. The third-order valence-corrected chi connectivity index (χ3v) is 2.56. The molecule has 1 unspecified atom stereocenters. The van der Waals surface area contributed by atoms with Crippen LogP contribution in [0.2, 0.25) is 0 Å². The molecule has 0 aliphatic carbocycles. The predicted octanol–water partition coefficient (Wildman–Crippen LogP) is -3.74. The molecule has 5 N–H and O–H groups in total. The summed E-state index contributed by atoms with van der Waals surface area (Å²) in [6.07, 6.45) is -8.23. The minimum atomic E-state index is -4.98. The van der Waals surface area contributed by atoms with Crippen molar-refractivity contribution in [2.45, 2.75) is 30.7 Å². The van der Waals surface area contributed by atoms with Gasteiger partial charge in [0.05, 0.1) is 6.61 Å². The Morgan fingerprint density at radius 3 is 2.25 bits per heavy atom. The van der Waals surface area contributed by atoms with Crippen LogP contribution in [-0.4, -0.2) is 62.6 Å². The minimum Gasteiger partial charge on any atom is -0.756 e. The smallest absolute Gasteiger partial charge is 0.265 e. The number of phosphoric ester groups is 1. The Labute approximate surface area is 90.1 Å². The van der Waals surface area contributed by atoms with Gasteiger partial charge in [0, 0.05) is 0 Å². The molecule has 0 amide bonds. The first-order valence-electron chi connectivity index (χ1n) is 4.28. The van der Waals surface area contributed by atoms with Crippen molar-refractivity contribution in [3.63, 3.8) is 0 Å². The number of ether oxygens (including phenoxy) is 1. The molecule has 16 heavy (non-hydrogen) atoms. The molecule has 1 rings (SSSR count). The van der Waals surface area contributed by atoms with Gasteiger partial charge in [-0.1, -0.05) is 0 Å². The molecular weight excluding hydrogens is 247 g/mol. The van der Waals surface area contributed by atoms with Gasteiger partial charge in [-0.05, 0) is 0 Å². The lowest BCUT2D eigenvalue weighted by molar-refractivity contribution is -0.289. The molecule has 1 heterocycles. The third kappa shape index (κ3) is 3.45. The fourth-order valence-electron chi connectivity index (χ4n) is 1.24. The van der Waals surface area contributed by atoms with Crippen molar-refractivity contribution in [1.82, 2.24) is 0 Å². The van der Waals surface area contributed by atoms with E-state index in [9.17, 15) is 19.7 Å². The van der Waals surface area contributed by atoms with Crippen LogP contribution in [-0.2, 0) is 13.8 Å². The summed E-state index contributed by atoms with van der Waals surface area (Å²) >= 11 is 0. The van der Waals surface area contributed by atoms with Gasteiger partial charge in [-0.15, -0.1) is 0 Å². The monoisotopic (exact) mass is 259 g/mol. The van der Waals surface area contributed by atoms with Crippen LogP contribution in [0.5, 0.6) is 0 Å². The van der Waals surface area contributed by atoms with E-state index in [-0.39, 0.29) is 0 Å². The van der Waals surface area contributed by atoms with Gasteiger partial charge < -0.3 is 39.5 Å². The van der Waals surface area contributed by atoms with Crippen molar-refractivity contribution in [3.8, 4) is 0 Å². The maximum Gasteiger partial charge on any atom is 0.265 e. The summed E-state index contributed by atoms with van der Waals surface area (Å²) in [6.45, 7) is -0.792. The molecule has 9 nitrogen and oxygen atoms in total. The summed E-state index contributed by atoms with van der Waals surface area (Å²) in [5, 5.41) is 36.7. The van der Waals surface area contributed by atoms with Crippen molar-refractivity contribution >= 4 is 7.82 Å². The zero-order valence-electron chi connectivity index (χ0n) is 7.91. The summed E-state index contributed by atoms with van der Waals surface area (Å²) in [5.41, 5.74) is 0. The molecule has 6 atom stereocenters. The highest BCUT2D eigenvalue weighted by molar-refractivity contribution is 7.44. The highest BCUT2D eigenvalue weighted by Gasteiger charge is 2.43. The highest BCUT2D eigenvalue weighted by atomic mass is 31.2. The van der Waals surface area contributed by atoms with Crippen molar-refractivity contribution < 1.29 is 44.0 Å². The average molecular weight is 259 g/mol. The van der Waals surface area contributed by atoms with Crippen LogP contribution >= 0.6 is 7.82 Å². The summed E-state index contributed by atoms with van der Waals surface area (Å²) < 4.78 is 18.8. The van der Waals surface area contributed by atoms with E-state index in [4.69, 9.17) is 15.1 Å². The lowest BCUT2D eigenvalue weighted by Gasteiger charge is -2.38. The third-order valence-electron chi connectivity index (χ3n) is 2.09. The molecule has 1 saturated heterocycles. The van der Waals surface area contributed by atoms with Gasteiger partial charge in [-0.3, -0.25) is 4.57 Å². The van der Waals surface area contributed by atoms with Crippen molar-refractivity contribution in [3.05, 3.63) is 0 Å². The molecule has 0 aromatic carbocycles. The summed E-state index contributed by atoms with van der Waals surface area (Å²) in [5.74, 6) is 0. The molecule has 0 radical (unpaired) electrons. The predicted molar refractivity (Wildman–Crippen MR) is 44.7 cm³/mol. The van der Waals surface area contributed by atoms with Gasteiger partial charge in [-0.25, -0.2) is 0 Å². The number of rotatable bonds is 3. The molecule has 0 spiro atoms. The molecule has 10 heteroatoms. The first-order chi connectivity index (χ1) is 7.22. The molecule has 0 bridgehead atoms. The first kappa shape index (κ1) is 14.0. The topological polar surface area (TPSA) is 160 Å².